The summed E-state index contributed by atoms with van der Waals surface area (Å²) < 4.78 is 0. The summed E-state index contributed by atoms with van der Waals surface area (Å²) in [7, 11) is 0. The molecule has 0 bridgehead atoms. The van der Waals surface area contributed by atoms with Gasteiger partial charge in [0.05, 0.1) is 16.7 Å². The molecule has 0 heterocycles. The molecule has 5 nitrogen and oxygen atoms in total. The fourth-order valence-corrected chi connectivity index (χ4v) is 1.03. The fraction of sp³-hybridized carbons (Fsp3) is 0. The first-order chi connectivity index (χ1) is 6.57. The number of nitriles is 1. The van der Waals surface area contributed by atoms with Gasteiger partial charge in [-0.3, -0.25) is 0 Å². The number of nitrogens with zero attached hydrogens (tertiary/aromatic N) is 1. The lowest BCUT2D eigenvalue weighted by atomic mass is 10.0. The second kappa shape index (κ2) is 3.58. The van der Waals surface area contributed by atoms with Crippen molar-refractivity contribution in [1.29, 1.82) is 5.26 Å². The van der Waals surface area contributed by atoms with Crippen molar-refractivity contribution in [2.24, 2.45) is 0 Å². The Hall–Kier alpha value is -2.35. The van der Waals surface area contributed by atoms with E-state index in [-0.39, 0.29) is 16.7 Å². The average molecular weight is 191 g/mol. The molecule has 0 aliphatic rings. The molecule has 0 atom stereocenters. The first-order valence-corrected chi connectivity index (χ1v) is 3.57. The van der Waals surface area contributed by atoms with Crippen LogP contribution in [0.4, 0.5) is 0 Å². The molecule has 14 heavy (non-hydrogen) atoms. The van der Waals surface area contributed by atoms with Crippen LogP contribution in [0.2, 0.25) is 0 Å². The van der Waals surface area contributed by atoms with Crippen LogP contribution in [0.3, 0.4) is 0 Å². The predicted octanol–water partition coefficient (Wildman–Crippen LogP) is 0.955. The SMILES string of the molecule is N#Cc1c(C(=O)O)cccc1C(=O)O. The third-order valence-electron chi connectivity index (χ3n) is 1.64. The van der Waals surface area contributed by atoms with E-state index < -0.39 is 11.9 Å². The first kappa shape index (κ1) is 9.74. The molecule has 0 spiro atoms. The normalized spacial score (nSPS) is 9.07. The lowest BCUT2D eigenvalue weighted by molar-refractivity contribution is 0.0696. The van der Waals surface area contributed by atoms with Gasteiger partial charge in [0.2, 0.25) is 0 Å². The van der Waals surface area contributed by atoms with Gasteiger partial charge in [-0.1, -0.05) is 6.07 Å². The molecule has 1 aromatic carbocycles. The Morgan fingerprint density at radius 3 is 1.86 bits per heavy atom. The van der Waals surface area contributed by atoms with Gasteiger partial charge in [0, 0.05) is 0 Å². The molecule has 0 unspecified atom stereocenters. The van der Waals surface area contributed by atoms with Crippen LogP contribution in [0.5, 0.6) is 0 Å². The third-order valence-corrected chi connectivity index (χ3v) is 1.64. The van der Waals surface area contributed by atoms with Crippen molar-refractivity contribution in [3.8, 4) is 6.07 Å². The Morgan fingerprint density at radius 1 is 1.14 bits per heavy atom. The van der Waals surface area contributed by atoms with E-state index in [0.29, 0.717) is 0 Å². The average Bonchev–Trinajstić information content (AvgIpc) is 2.16. The number of carboxylic acid groups (broad SMARTS) is 2. The van der Waals surface area contributed by atoms with Gasteiger partial charge in [-0.2, -0.15) is 5.26 Å². The third kappa shape index (κ3) is 1.54. The number of rotatable bonds is 2. The summed E-state index contributed by atoms with van der Waals surface area (Å²) in [5.74, 6) is -2.63. The van der Waals surface area contributed by atoms with Crippen molar-refractivity contribution in [3.05, 3.63) is 34.9 Å². The van der Waals surface area contributed by atoms with Crippen LogP contribution < -0.4 is 0 Å². The fourth-order valence-electron chi connectivity index (χ4n) is 1.03. The Morgan fingerprint density at radius 2 is 1.57 bits per heavy atom. The molecule has 2 N–H and O–H groups in total. The predicted molar refractivity (Wildman–Crippen MR) is 45.1 cm³/mol. The molecule has 5 heteroatoms. The molecular weight excluding hydrogens is 186 g/mol. The van der Waals surface area contributed by atoms with Gasteiger partial charge in [-0.15, -0.1) is 0 Å². The van der Waals surface area contributed by atoms with Crippen LogP contribution in [0, 0.1) is 11.3 Å². The Kier molecular flexibility index (Phi) is 2.49. The van der Waals surface area contributed by atoms with E-state index in [0.717, 1.165) is 0 Å². The van der Waals surface area contributed by atoms with Crippen molar-refractivity contribution in [3.63, 3.8) is 0 Å². The molecule has 1 aromatic rings. The van der Waals surface area contributed by atoms with Gasteiger partial charge < -0.3 is 10.2 Å². The number of benzene rings is 1. The number of carbonyl (C=O) groups is 2. The van der Waals surface area contributed by atoms with Crippen LogP contribution in [-0.2, 0) is 0 Å². The van der Waals surface area contributed by atoms with E-state index in [9.17, 15) is 9.59 Å². The molecule has 0 amide bonds. The summed E-state index contributed by atoms with van der Waals surface area (Å²) in [4.78, 5) is 21.2. The minimum atomic E-state index is -1.32. The molecule has 0 fully saturated rings. The Bertz CT molecular complexity index is 412. The minimum Gasteiger partial charge on any atom is -0.478 e. The highest BCUT2D eigenvalue weighted by molar-refractivity contribution is 5.98. The van der Waals surface area contributed by atoms with E-state index in [4.69, 9.17) is 15.5 Å². The van der Waals surface area contributed by atoms with E-state index in [1.807, 2.05) is 0 Å². The smallest absolute Gasteiger partial charge is 0.337 e. The van der Waals surface area contributed by atoms with Crippen molar-refractivity contribution in [1.82, 2.24) is 0 Å². The highest BCUT2D eigenvalue weighted by Crippen LogP contribution is 2.13. The van der Waals surface area contributed by atoms with Crippen LogP contribution in [0.1, 0.15) is 26.3 Å². The lowest BCUT2D eigenvalue weighted by Crippen LogP contribution is -2.07. The zero-order valence-corrected chi connectivity index (χ0v) is 6.89. The van der Waals surface area contributed by atoms with E-state index >= 15 is 0 Å². The van der Waals surface area contributed by atoms with Gasteiger partial charge in [0.25, 0.3) is 0 Å². The molecule has 0 aromatic heterocycles. The van der Waals surface area contributed by atoms with E-state index in [2.05, 4.69) is 0 Å². The van der Waals surface area contributed by atoms with Crippen LogP contribution in [-0.4, -0.2) is 22.2 Å². The lowest BCUT2D eigenvalue weighted by Gasteiger charge is -2.01. The maximum absolute atomic E-state index is 10.6. The molecule has 0 aliphatic carbocycles. The second-order valence-electron chi connectivity index (χ2n) is 2.45. The topological polar surface area (TPSA) is 98.4 Å². The molecule has 0 radical (unpaired) electrons. The molecule has 1 rings (SSSR count). The molecule has 70 valence electrons. The minimum absolute atomic E-state index is 0.299. The van der Waals surface area contributed by atoms with Gasteiger partial charge >= 0.3 is 11.9 Å². The second-order valence-corrected chi connectivity index (χ2v) is 2.45. The van der Waals surface area contributed by atoms with Gasteiger partial charge in [0.15, 0.2) is 0 Å². The maximum Gasteiger partial charge on any atom is 0.337 e. The summed E-state index contributed by atoms with van der Waals surface area (Å²) in [6, 6.07) is 5.23. The molecule has 0 saturated carbocycles. The van der Waals surface area contributed by atoms with E-state index in [1.54, 1.807) is 6.07 Å². The zero-order chi connectivity index (χ0) is 10.7. The number of carboxylic acids is 2. The highest BCUT2D eigenvalue weighted by atomic mass is 16.4. The summed E-state index contributed by atoms with van der Waals surface area (Å²) in [5.41, 5.74) is -0.924. The van der Waals surface area contributed by atoms with E-state index in [1.165, 1.54) is 18.2 Å². The summed E-state index contributed by atoms with van der Waals surface area (Å²) in [6.07, 6.45) is 0. The number of aromatic carboxylic acids is 2. The standard InChI is InChI=1S/C9H5NO4/c10-4-7-5(8(11)12)2-1-3-6(7)9(13)14/h1-3H,(H,11,12)(H,13,14). The Balaban J connectivity index is 3.50. The molecule has 0 aliphatic heterocycles. The van der Waals surface area contributed by atoms with Crippen molar-refractivity contribution in [2.75, 3.05) is 0 Å². The molecule has 0 saturated heterocycles. The van der Waals surface area contributed by atoms with Crippen LogP contribution in [0.15, 0.2) is 18.2 Å². The summed E-state index contributed by atoms with van der Waals surface area (Å²) in [5, 5.41) is 25.9. The molecular formula is C9H5NO4. The zero-order valence-electron chi connectivity index (χ0n) is 6.89. The largest absolute Gasteiger partial charge is 0.478 e. The van der Waals surface area contributed by atoms with Crippen LogP contribution >= 0.6 is 0 Å². The monoisotopic (exact) mass is 191 g/mol. The van der Waals surface area contributed by atoms with Crippen LogP contribution in [0.25, 0.3) is 0 Å². The maximum atomic E-state index is 10.6. The van der Waals surface area contributed by atoms with Crippen molar-refractivity contribution >= 4 is 11.9 Å². The Labute approximate surface area is 78.8 Å². The van der Waals surface area contributed by atoms with Gasteiger partial charge in [-0.25, -0.2) is 9.59 Å². The number of hydrogen-bond acceptors (Lipinski definition) is 3. The highest BCUT2D eigenvalue weighted by Gasteiger charge is 2.17. The van der Waals surface area contributed by atoms with Crippen molar-refractivity contribution in [2.45, 2.75) is 0 Å². The first-order valence-electron chi connectivity index (χ1n) is 3.57. The summed E-state index contributed by atoms with van der Waals surface area (Å²) in [6.45, 7) is 0. The van der Waals surface area contributed by atoms with Crippen molar-refractivity contribution < 1.29 is 19.8 Å². The summed E-state index contributed by atoms with van der Waals surface area (Å²) >= 11 is 0. The quantitative estimate of drug-likeness (QED) is 0.725. The van der Waals surface area contributed by atoms with Gasteiger partial charge in [-0.05, 0) is 12.1 Å². The van der Waals surface area contributed by atoms with Gasteiger partial charge in [0.1, 0.15) is 6.07 Å². The number of hydrogen-bond donors (Lipinski definition) is 2.